The van der Waals surface area contributed by atoms with Crippen LogP contribution >= 0.6 is 0 Å². The van der Waals surface area contributed by atoms with Crippen LogP contribution in [0.25, 0.3) is 0 Å². The normalized spacial score (nSPS) is 16.5. The highest BCUT2D eigenvalue weighted by Crippen LogP contribution is 2.25. The fourth-order valence-corrected chi connectivity index (χ4v) is 2.88. The van der Waals surface area contributed by atoms with E-state index in [-0.39, 0.29) is 0 Å². The summed E-state index contributed by atoms with van der Waals surface area (Å²) >= 11 is 0. The first-order chi connectivity index (χ1) is 9.36. The third kappa shape index (κ3) is 7.86. The second-order valence-electron chi connectivity index (χ2n) is 5.59. The van der Waals surface area contributed by atoms with Gasteiger partial charge < -0.3 is 5.32 Å². The number of carbonyl (C=O) groups excluding carboxylic acids is 1. The van der Waals surface area contributed by atoms with Crippen molar-refractivity contribution in [3.63, 3.8) is 0 Å². The van der Waals surface area contributed by atoms with Crippen LogP contribution < -0.4 is 5.32 Å². The number of hydrogen-bond acceptors (Lipinski definition) is 1. The summed E-state index contributed by atoms with van der Waals surface area (Å²) in [4.78, 5) is 10.3. The lowest BCUT2D eigenvalue weighted by atomic mass is 9.90. The molecule has 1 rings (SSSR count). The van der Waals surface area contributed by atoms with E-state index in [1.165, 1.54) is 51.4 Å². The summed E-state index contributed by atoms with van der Waals surface area (Å²) in [6, 6.07) is 0. The molecule has 0 saturated carbocycles. The highest BCUT2D eigenvalue weighted by molar-refractivity contribution is 5.45. The highest BCUT2D eigenvalue weighted by atomic mass is 16.1. The monoisotopic (exact) mass is 263 g/mol. The van der Waals surface area contributed by atoms with Crippen LogP contribution in [0.4, 0.5) is 0 Å². The van der Waals surface area contributed by atoms with E-state index in [4.69, 9.17) is 0 Å². The van der Waals surface area contributed by atoms with Crippen molar-refractivity contribution >= 4 is 6.41 Å². The van der Waals surface area contributed by atoms with Gasteiger partial charge in [-0.1, -0.05) is 24.1 Å². The van der Waals surface area contributed by atoms with Gasteiger partial charge >= 0.3 is 0 Å². The fraction of sp³-hybridized carbons (Fsp3) is 0.706. The van der Waals surface area contributed by atoms with Gasteiger partial charge in [-0.15, -0.1) is 6.58 Å². The zero-order chi connectivity index (χ0) is 13.8. The minimum absolute atomic E-state index is 0.731. The minimum Gasteiger partial charge on any atom is -0.359 e. The molecule has 1 atom stereocenters. The molecule has 0 spiro atoms. The number of hydrogen-bond donors (Lipinski definition) is 1. The SMILES string of the molecule is C=CCCC(CCCC1=CCCCC1)CCNC=O. The third-order valence-electron chi connectivity index (χ3n) is 4.05. The largest absolute Gasteiger partial charge is 0.359 e. The lowest BCUT2D eigenvalue weighted by Crippen LogP contribution is -2.16. The van der Waals surface area contributed by atoms with Crippen molar-refractivity contribution in [3.8, 4) is 0 Å². The van der Waals surface area contributed by atoms with Gasteiger partial charge in [-0.3, -0.25) is 4.79 Å². The zero-order valence-electron chi connectivity index (χ0n) is 12.2. The molecule has 0 aromatic rings. The van der Waals surface area contributed by atoms with Gasteiger partial charge in [0.1, 0.15) is 0 Å². The van der Waals surface area contributed by atoms with Crippen LogP contribution in [0.5, 0.6) is 0 Å². The van der Waals surface area contributed by atoms with Crippen molar-refractivity contribution in [1.29, 1.82) is 0 Å². The molecule has 0 aromatic heterocycles. The Bertz CT molecular complexity index is 283. The van der Waals surface area contributed by atoms with Gasteiger partial charge in [0.2, 0.25) is 6.41 Å². The van der Waals surface area contributed by atoms with Crippen LogP contribution in [0.2, 0.25) is 0 Å². The van der Waals surface area contributed by atoms with E-state index in [9.17, 15) is 4.79 Å². The highest BCUT2D eigenvalue weighted by Gasteiger charge is 2.09. The Kier molecular flexibility index (Phi) is 9.13. The topological polar surface area (TPSA) is 29.1 Å². The zero-order valence-corrected chi connectivity index (χ0v) is 12.2. The quantitative estimate of drug-likeness (QED) is 0.334. The van der Waals surface area contributed by atoms with Gasteiger partial charge in [-0.2, -0.15) is 0 Å². The smallest absolute Gasteiger partial charge is 0.207 e. The summed E-state index contributed by atoms with van der Waals surface area (Å²) in [5.74, 6) is 0.731. The number of carbonyl (C=O) groups is 1. The van der Waals surface area contributed by atoms with E-state index in [0.29, 0.717) is 0 Å². The minimum atomic E-state index is 0.731. The maximum atomic E-state index is 10.3. The predicted molar refractivity (Wildman–Crippen MR) is 82.0 cm³/mol. The van der Waals surface area contributed by atoms with Crippen molar-refractivity contribution in [1.82, 2.24) is 5.32 Å². The summed E-state index contributed by atoms with van der Waals surface area (Å²) in [6.07, 6.45) is 17.9. The van der Waals surface area contributed by atoms with Crippen LogP contribution in [-0.2, 0) is 4.79 Å². The standard InChI is InChI=1S/C17H29NO/c1-2-3-8-17(13-14-18-15-19)12-7-11-16-9-5-4-6-10-16/h2,9,15,17H,1,3-8,10-14H2,(H,18,19). The van der Waals surface area contributed by atoms with E-state index in [0.717, 1.165) is 31.7 Å². The van der Waals surface area contributed by atoms with Crippen molar-refractivity contribution < 1.29 is 4.79 Å². The molecule has 0 fully saturated rings. The first kappa shape index (κ1) is 16.0. The lowest BCUT2D eigenvalue weighted by Gasteiger charge is -2.17. The van der Waals surface area contributed by atoms with Crippen LogP contribution in [0.15, 0.2) is 24.3 Å². The molecule has 1 aliphatic carbocycles. The van der Waals surface area contributed by atoms with E-state index >= 15 is 0 Å². The molecule has 0 aliphatic heterocycles. The molecule has 19 heavy (non-hydrogen) atoms. The van der Waals surface area contributed by atoms with Crippen molar-refractivity contribution in [3.05, 3.63) is 24.3 Å². The molecular formula is C17H29NO. The Labute approximate surface area is 118 Å². The van der Waals surface area contributed by atoms with Gasteiger partial charge in [0.25, 0.3) is 0 Å². The molecule has 0 bridgehead atoms. The molecule has 0 heterocycles. The molecule has 1 amide bonds. The molecule has 1 unspecified atom stereocenters. The van der Waals surface area contributed by atoms with E-state index in [1.807, 2.05) is 6.08 Å². The van der Waals surface area contributed by atoms with Crippen LogP contribution in [0, 0.1) is 5.92 Å². The van der Waals surface area contributed by atoms with Gasteiger partial charge in [0.05, 0.1) is 0 Å². The van der Waals surface area contributed by atoms with E-state index in [1.54, 1.807) is 5.57 Å². The Morgan fingerprint density at radius 3 is 2.89 bits per heavy atom. The van der Waals surface area contributed by atoms with Gasteiger partial charge in [0, 0.05) is 6.54 Å². The van der Waals surface area contributed by atoms with Crippen molar-refractivity contribution in [2.45, 2.75) is 64.2 Å². The van der Waals surface area contributed by atoms with E-state index in [2.05, 4.69) is 18.0 Å². The summed E-state index contributed by atoms with van der Waals surface area (Å²) in [5, 5.41) is 2.78. The van der Waals surface area contributed by atoms with Crippen molar-refractivity contribution in [2.24, 2.45) is 5.92 Å². The first-order valence-electron chi connectivity index (χ1n) is 7.82. The maximum Gasteiger partial charge on any atom is 0.207 e. The predicted octanol–water partition coefficient (Wildman–Crippen LogP) is 4.38. The number of allylic oxidation sites excluding steroid dienone is 3. The third-order valence-corrected chi connectivity index (χ3v) is 4.05. The Morgan fingerprint density at radius 1 is 1.32 bits per heavy atom. The lowest BCUT2D eigenvalue weighted by molar-refractivity contribution is -0.109. The number of rotatable bonds is 11. The molecule has 1 aliphatic rings. The molecule has 108 valence electrons. The maximum absolute atomic E-state index is 10.3. The molecule has 0 radical (unpaired) electrons. The average molecular weight is 263 g/mol. The van der Waals surface area contributed by atoms with Crippen LogP contribution in [0.3, 0.4) is 0 Å². The molecular weight excluding hydrogens is 234 g/mol. The molecule has 2 nitrogen and oxygen atoms in total. The van der Waals surface area contributed by atoms with Crippen LogP contribution in [0.1, 0.15) is 64.2 Å². The summed E-state index contributed by atoms with van der Waals surface area (Å²) in [6.45, 7) is 4.62. The second-order valence-corrected chi connectivity index (χ2v) is 5.59. The Morgan fingerprint density at radius 2 is 2.21 bits per heavy atom. The average Bonchev–Trinajstić information content (AvgIpc) is 2.45. The summed E-state index contributed by atoms with van der Waals surface area (Å²) in [5.41, 5.74) is 1.68. The fourth-order valence-electron chi connectivity index (χ4n) is 2.88. The first-order valence-corrected chi connectivity index (χ1v) is 7.82. The second kappa shape index (κ2) is 10.8. The Hall–Kier alpha value is -1.05. The summed E-state index contributed by atoms with van der Waals surface area (Å²) < 4.78 is 0. The van der Waals surface area contributed by atoms with E-state index < -0.39 is 0 Å². The number of amides is 1. The van der Waals surface area contributed by atoms with Gasteiger partial charge in [-0.05, 0) is 63.7 Å². The molecule has 2 heteroatoms. The molecule has 0 saturated heterocycles. The number of nitrogens with one attached hydrogen (secondary N) is 1. The van der Waals surface area contributed by atoms with Crippen molar-refractivity contribution in [2.75, 3.05) is 6.54 Å². The Balaban J connectivity index is 2.19. The van der Waals surface area contributed by atoms with Gasteiger partial charge in [-0.25, -0.2) is 0 Å². The van der Waals surface area contributed by atoms with Crippen LogP contribution in [-0.4, -0.2) is 13.0 Å². The van der Waals surface area contributed by atoms with Gasteiger partial charge in [0.15, 0.2) is 0 Å². The summed E-state index contributed by atoms with van der Waals surface area (Å²) in [7, 11) is 0. The molecule has 1 N–H and O–H groups in total. The molecule has 0 aromatic carbocycles.